The monoisotopic (exact) mass is 513 g/mol. The minimum absolute atomic E-state index is 0.00430. The molecule has 0 aromatic heterocycles. The van der Waals surface area contributed by atoms with Gasteiger partial charge in [0.05, 0.1) is 21.8 Å². The van der Waals surface area contributed by atoms with Gasteiger partial charge in [0.25, 0.3) is 15.9 Å². The van der Waals surface area contributed by atoms with E-state index in [1.807, 2.05) is 27.7 Å². The number of aryl methyl sites for hydroxylation is 2. The minimum atomic E-state index is -4.10. The van der Waals surface area contributed by atoms with Gasteiger partial charge in [0, 0.05) is 11.1 Å². The van der Waals surface area contributed by atoms with Gasteiger partial charge in [-0.15, -0.1) is 0 Å². The summed E-state index contributed by atoms with van der Waals surface area (Å²) >= 11 is 5.94. The fraction of sp³-hybridized carbons (Fsp3) is 0.231. The second-order valence-corrected chi connectivity index (χ2v) is 10.8. The second kappa shape index (κ2) is 10.9. The molecular formula is C26H28ClN3O4S. The van der Waals surface area contributed by atoms with Crippen molar-refractivity contribution in [3.05, 3.63) is 88.4 Å². The molecule has 35 heavy (non-hydrogen) atoms. The Morgan fingerprint density at radius 2 is 1.60 bits per heavy atom. The van der Waals surface area contributed by atoms with Crippen LogP contribution in [-0.2, 0) is 14.8 Å². The summed E-state index contributed by atoms with van der Waals surface area (Å²) in [6.45, 7) is 6.97. The molecule has 2 N–H and O–H groups in total. The number of carbonyl (C=O) groups is 2. The molecule has 0 heterocycles. The number of anilines is 2. The zero-order valence-corrected chi connectivity index (χ0v) is 21.6. The number of nitrogens with one attached hydrogen (secondary N) is 2. The molecule has 3 aromatic rings. The Hall–Kier alpha value is -3.36. The SMILES string of the molecule is Cc1ccc(N(CC(=O)Nc2ccccc2C(=O)NC(C)C)S(=O)(=O)c2ccc(Cl)cc2)cc1C. The van der Waals surface area contributed by atoms with Gasteiger partial charge in [-0.1, -0.05) is 29.8 Å². The van der Waals surface area contributed by atoms with Crippen LogP contribution in [-0.4, -0.2) is 32.8 Å². The Bertz CT molecular complexity index is 1340. The fourth-order valence-corrected chi connectivity index (χ4v) is 4.92. The maximum Gasteiger partial charge on any atom is 0.264 e. The van der Waals surface area contributed by atoms with E-state index in [2.05, 4.69) is 10.6 Å². The van der Waals surface area contributed by atoms with Crippen LogP contribution in [0.1, 0.15) is 35.3 Å². The highest BCUT2D eigenvalue weighted by atomic mass is 35.5. The number of hydrogen-bond acceptors (Lipinski definition) is 4. The number of benzene rings is 3. The Labute approximate surface area is 211 Å². The van der Waals surface area contributed by atoms with Gasteiger partial charge in [-0.2, -0.15) is 0 Å². The number of carbonyl (C=O) groups excluding carboxylic acids is 2. The summed E-state index contributed by atoms with van der Waals surface area (Å²) in [6.07, 6.45) is 0. The molecule has 0 saturated heterocycles. The first-order chi connectivity index (χ1) is 16.5. The van der Waals surface area contributed by atoms with Gasteiger partial charge in [0.1, 0.15) is 6.54 Å². The van der Waals surface area contributed by atoms with E-state index in [0.717, 1.165) is 15.4 Å². The van der Waals surface area contributed by atoms with Gasteiger partial charge in [-0.25, -0.2) is 8.42 Å². The molecule has 0 aliphatic rings. The summed E-state index contributed by atoms with van der Waals surface area (Å²) in [5.41, 5.74) is 2.80. The number of para-hydroxylation sites is 1. The summed E-state index contributed by atoms with van der Waals surface area (Å²) in [7, 11) is -4.10. The second-order valence-electron chi connectivity index (χ2n) is 8.46. The van der Waals surface area contributed by atoms with E-state index in [4.69, 9.17) is 11.6 Å². The van der Waals surface area contributed by atoms with Gasteiger partial charge in [0.15, 0.2) is 0 Å². The van der Waals surface area contributed by atoms with E-state index in [-0.39, 0.29) is 22.4 Å². The first-order valence-electron chi connectivity index (χ1n) is 11.0. The van der Waals surface area contributed by atoms with E-state index in [1.54, 1.807) is 42.5 Å². The van der Waals surface area contributed by atoms with Crippen LogP contribution in [0.25, 0.3) is 0 Å². The molecular weight excluding hydrogens is 486 g/mol. The maximum atomic E-state index is 13.6. The number of amides is 2. The zero-order chi connectivity index (χ0) is 25.8. The Balaban J connectivity index is 1.96. The summed E-state index contributed by atoms with van der Waals surface area (Å²) in [5.74, 6) is -0.929. The smallest absolute Gasteiger partial charge is 0.264 e. The molecule has 2 amide bonds. The zero-order valence-electron chi connectivity index (χ0n) is 20.0. The van der Waals surface area contributed by atoms with E-state index in [9.17, 15) is 18.0 Å². The standard InChI is InChI=1S/C26H28ClN3O4S/c1-17(2)28-26(32)23-7-5-6-8-24(23)29-25(31)16-30(21-12-9-18(3)19(4)15-21)35(33,34)22-13-10-20(27)11-14-22/h5-15,17H,16H2,1-4H3,(H,28,32)(H,29,31). The Kier molecular flexibility index (Phi) is 8.19. The van der Waals surface area contributed by atoms with E-state index >= 15 is 0 Å². The van der Waals surface area contributed by atoms with Gasteiger partial charge >= 0.3 is 0 Å². The Morgan fingerprint density at radius 3 is 2.23 bits per heavy atom. The molecule has 3 aromatic carbocycles. The van der Waals surface area contributed by atoms with Crippen molar-refractivity contribution < 1.29 is 18.0 Å². The predicted molar refractivity (Wildman–Crippen MR) is 140 cm³/mol. The minimum Gasteiger partial charge on any atom is -0.350 e. The molecule has 0 radical (unpaired) electrons. The number of sulfonamides is 1. The molecule has 0 spiro atoms. The van der Waals surface area contributed by atoms with Crippen molar-refractivity contribution >= 4 is 44.8 Å². The highest BCUT2D eigenvalue weighted by molar-refractivity contribution is 7.92. The average molecular weight is 514 g/mol. The molecule has 3 rings (SSSR count). The third-order valence-corrected chi connectivity index (χ3v) is 7.37. The van der Waals surface area contributed by atoms with Crippen molar-refractivity contribution in [3.63, 3.8) is 0 Å². The summed E-state index contributed by atoms with van der Waals surface area (Å²) in [4.78, 5) is 25.7. The van der Waals surface area contributed by atoms with E-state index in [0.29, 0.717) is 16.4 Å². The predicted octanol–water partition coefficient (Wildman–Crippen LogP) is 4.93. The summed E-state index contributed by atoms with van der Waals surface area (Å²) in [6, 6.07) is 17.4. The van der Waals surface area contributed by atoms with Crippen LogP contribution in [0.2, 0.25) is 5.02 Å². The normalized spacial score (nSPS) is 11.3. The molecule has 7 nitrogen and oxygen atoms in total. The van der Waals surface area contributed by atoms with Crippen LogP contribution >= 0.6 is 11.6 Å². The van der Waals surface area contributed by atoms with E-state index in [1.165, 1.54) is 24.3 Å². The van der Waals surface area contributed by atoms with Crippen LogP contribution in [0.3, 0.4) is 0 Å². The highest BCUT2D eigenvalue weighted by Gasteiger charge is 2.28. The van der Waals surface area contributed by atoms with Gasteiger partial charge < -0.3 is 10.6 Å². The van der Waals surface area contributed by atoms with Crippen LogP contribution in [0.5, 0.6) is 0 Å². The molecule has 184 valence electrons. The molecule has 9 heteroatoms. The molecule has 0 fully saturated rings. The van der Waals surface area contributed by atoms with Gasteiger partial charge in [-0.05, 0) is 87.4 Å². The number of nitrogens with zero attached hydrogens (tertiary/aromatic N) is 1. The van der Waals surface area contributed by atoms with Crippen molar-refractivity contribution in [2.24, 2.45) is 0 Å². The number of halogens is 1. The Morgan fingerprint density at radius 1 is 0.943 bits per heavy atom. The van der Waals surface area contributed by atoms with Crippen LogP contribution in [0.15, 0.2) is 71.6 Å². The first kappa shape index (κ1) is 26.2. The summed E-state index contributed by atoms with van der Waals surface area (Å²) < 4.78 is 28.2. The van der Waals surface area contributed by atoms with E-state index < -0.39 is 22.5 Å². The topological polar surface area (TPSA) is 95.6 Å². The van der Waals surface area contributed by atoms with Crippen molar-refractivity contribution in [2.75, 3.05) is 16.2 Å². The lowest BCUT2D eigenvalue weighted by Crippen LogP contribution is -2.38. The van der Waals surface area contributed by atoms with Gasteiger partial charge in [0.2, 0.25) is 5.91 Å². The molecule has 0 aliphatic heterocycles. The highest BCUT2D eigenvalue weighted by Crippen LogP contribution is 2.27. The van der Waals surface area contributed by atoms with Crippen molar-refractivity contribution in [1.29, 1.82) is 0 Å². The maximum absolute atomic E-state index is 13.6. The third-order valence-electron chi connectivity index (χ3n) is 5.33. The fourth-order valence-electron chi connectivity index (χ4n) is 3.38. The van der Waals surface area contributed by atoms with Crippen molar-refractivity contribution in [1.82, 2.24) is 5.32 Å². The van der Waals surface area contributed by atoms with Crippen LogP contribution < -0.4 is 14.9 Å². The lowest BCUT2D eigenvalue weighted by Gasteiger charge is -2.25. The van der Waals surface area contributed by atoms with Crippen molar-refractivity contribution in [2.45, 2.75) is 38.6 Å². The van der Waals surface area contributed by atoms with Gasteiger partial charge in [-0.3, -0.25) is 13.9 Å². The third kappa shape index (κ3) is 6.41. The largest absolute Gasteiger partial charge is 0.350 e. The quantitative estimate of drug-likeness (QED) is 0.446. The van der Waals surface area contributed by atoms with Crippen molar-refractivity contribution in [3.8, 4) is 0 Å². The molecule has 0 atom stereocenters. The number of hydrogen-bond donors (Lipinski definition) is 2. The summed E-state index contributed by atoms with van der Waals surface area (Å²) in [5, 5.41) is 5.89. The van der Waals surface area contributed by atoms with Crippen LogP contribution in [0, 0.1) is 13.8 Å². The molecule has 0 saturated carbocycles. The lowest BCUT2D eigenvalue weighted by molar-refractivity contribution is -0.114. The average Bonchev–Trinajstić information content (AvgIpc) is 2.79. The number of rotatable bonds is 8. The molecule has 0 bridgehead atoms. The molecule has 0 aliphatic carbocycles. The lowest BCUT2D eigenvalue weighted by atomic mass is 10.1. The molecule has 0 unspecified atom stereocenters. The van der Waals surface area contributed by atoms with Crippen LogP contribution in [0.4, 0.5) is 11.4 Å². The first-order valence-corrected chi connectivity index (χ1v) is 12.9.